The summed E-state index contributed by atoms with van der Waals surface area (Å²) in [5.41, 5.74) is 0.464. The summed E-state index contributed by atoms with van der Waals surface area (Å²) >= 11 is 0. The van der Waals surface area contributed by atoms with Gasteiger partial charge in [-0.05, 0) is 29.0 Å². The zero-order valence-electron chi connectivity index (χ0n) is 8.23. The fourth-order valence-electron chi connectivity index (χ4n) is 1.55. The van der Waals surface area contributed by atoms with E-state index < -0.39 is 5.97 Å². The summed E-state index contributed by atoms with van der Waals surface area (Å²) in [6.45, 7) is 0. The van der Waals surface area contributed by atoms with Crippen molar-refractivity contribution in [3.8, 4) is 5.75 Å². The van der Waals surface area contributed by atoms with Crippen molar-refractivity contribution in [1.29, 1.82) is 0 Å². The second kappa shape index (κ2) is 3.61. The van der Waals surface area contributed by atoms with E-state index in [0.717, 1.165) is 5.39 Å². The lowest BCUT2D eigenvalue weighted by Gasteiger charge is -2.04. The zero-order valence-corrected chi connectivity index (χ0v) is 8.23. The molecule has 15 heavy (non-hydrogen) atoms. The molecule has 0 radical (unpaired) electrons. The number of methoxy groups -OCH3 is 1. The Hall–Kier alpha value is -2.03. The van der Waals surface area contributed by atoms with Crippen molar-refractivity contribution in [3.05, 3.63) is 42.0 Å². The van der Waals surface area contributed by atoms with Gasteiger partial charge in [-0.15, -0.1) is 0 Å². The van der Waals surface area contributed by atoms with Crippen LogP contribution < -0.4 is 0 Å². The minimum Gasteiger partial charge on any atom is -0.508 e. The van der Waals surface area contributed by atoms with Gasteiger partial charge in [0.1, 0.15) is 5.75 Å². The van der Waals surface area contributed by atoms with Crippen molar-refractivity contribution < 1.29 is 14.6 Å². The highest BCUT2D eigenvalue weighted by Gasteiger charge is 2.09. The Labute approximate surface area is 86.9 Å². The van der Waals surface area contributed by atoms with Crippen molar-refractivity contribution in [2.24, 2.45) is 0 Å². The van der Waals surface area contributed by atoms with E-state index in [2.05, 4.69) is 4.74 Å². The minimum absolute atomic E-state index is 0.138. The molecule has 0 fully saturated rings. The molecule has 2 rings (SSSR count). The Morgan fingerprint density at radius 1 is 1.27 bits per heavy atom. The smallest absolute Gasteiger partial charge is 0.338 e. The van der Waals surface area contributed by atoms with Crippen LogP contribution >= 0.6 is 0 Å². The standard InChI is InChI=1S/C12H10O3/c1-15-12(14)10-4-2-3-8-5-6-9(13)7-11(8)10/h2-7,13H,1H3. The zero-order chi connectivity index (χ0) is 10.8. The molecule has 0 aromatic heterocycles. The molecule has 0 atom stereocenters. The van der Waals surface area contributed by atoms with Gasteiger partial charge in [0.25, 0.3) is 0 Å². The summed E-state index contributed by atoms with van der Waals surface area (Å²) in [7, 11) is 1.34. The van der Waals surface area contributed by atoms with Crippen LogP contribution in [0.15, 0.2) is 36.4 Å². The Balaban J connectivity index is 2.74. The number of carbonyl (C=O) groups excluding carboxylic acids is 1. The molecule has 0 bridgehead atoms. The van der Waals surface area contributed by atoms with Crippen LogP contribution in [-0.2, 0) is 4.74 Å². The first-order valence-electron chi connectivity index (χ1n) is 4.52. The highest BCUT2D eigenvalue weighted by molar-refractivity contribution is 6.04. The average molecular weight is 202 g/mol. The number of benzene rings is 2. The molecule has 0 saturated heterocycles. The Kier molecular flexibility index (Phi) is 2.29. The van der Waals surface area contributed by atoms with E-state index in [9.17, 15) is 9.90 Å². The molecule has 0 spiro atoms. The van der Waals surface area contributed by atoms with E-state index in [4.69, 9.17) is 0 Å². The molecule has 3 heteroatoms. The molecule has 2 aromatic carbocycles. The van der Waals surface area contributed by atoms with E-state index >= 15 is 0 Å². The highest BCUT2D eigenvalue weighted by atomic mass is 16.5. The molecule has 0 saturated carbocycles. The summed E-state index contributed by atoms with van der Waals surface area (Å²) in [6.07, 6.45) is 0. The number of rotatable bonds is 1. The first-order chi connectivity index (χ1) is 7.22. The normalized spacial score (nSPS) is 10.2. The SMILES string of the molecule is COC(=O)c1cccc2ccc(O)cc12. The fourth-order valence-corrected chi connectivity index (χ4v) is 1.55. The van der Waals surface area contributed by atoms with Crippen molar-refractivity contribution in [2.75, 3.05) is 7.11 Å². The van der Waals surface area contributed by atoms with Crippen LogP contribution in [0, 0.1) is 0 Å². The maximum Gasteiger partial charge on any atom is 0.338 e. The first-order valence-corrected chi connectivity index (χ1v) is 4.52. The van der Waals surface area contributed by atoms with Crippen molar-refractivity contribution in [3.63, 3.8) is 0 Å². The van der Waals surface area contributed by atoms with Crippen LogP contribution in [0.4, 0.5) is 0 Å². The summed E-state index contributed by atoms with van der Waals surface area (Å²) in [6, 6.07) is 10.2. The molecule has 2 aromatic rings. The molecule has 0 aliphatic carbocycles. The maximum absolute atomic E-state index is 11.4. The molecule has 0 unspecified atom stereocenters. The van der Waals surface area contributed by atoms with Crippen molar-refractivity contribution in [1.82, 2.24) is 0 Å². The number of ether oxygens (including phenoxy) is 1. The monoisotopic (exact) mass is 202 g/mol. The van der Waals surface area contributed by atoms with Gasteiger partial charge in [0, 0.05) is 0 Å². The van der Waals surface area contributed by atoms with Gasteiger partial charge in [-0.2, -0.15) is 0 Å². The lowest BCUT2D eigenvalue weighted by molar-refractivity contribution is 0.0603. The Morgan fingerprint density at radius 2 is 2.07 bits per heavy atom. The summed E-state index contributed by atoms with van der Waals surface area (Å²) in [5.74, 6) is -0.259. The summed E-state index contributed by atoms with van der Waals surface area (Å²) < 4.78 is 4.66. The number of carbonyl (C=O) groups is 1. The van der Waals surface area contributed by atoms with Gasteiger partial charge in [0.05, 0.1) is 12.7 Å². The second-order valence-electron chi connectivity index (χ2n) is 3.20. The third-order valence-electron chi connectivity index (χ3n) is 2.27. The topological polar surface area (TPSA) is 46.5 Å². The number of hydrogen-bond acceptors (Lipinski definition) is 3. The van der Waals surface area contributed by atoms with Gasteiger partial charge < -0.3 is 9.84 Å². The first kappa shape index (κ1) is 9.52. The molecular formula is C12H10O3. The van der Waals surface area contributed by atoms with Gasteiger partial charge in [-0.3, -0.25) is 0 Å². The number of hydrogen-bond donors (Lipinski definition) is 1. The van der Waals surface area contributed by atoms with E-state index in [1.165, 1.54) is 7.11 Å². The second-order valence-corrected chi connectivity index (χ2v) is 3.20. The molecular weight excluding hydrogens is 192 g/mol. The fraction of sp³-hybridized carbons (Fsp3) is 0.0833. The predicted molar refractivity (Wildman–Crippen MR) is 57.0 cm³/mol. The largest absolute Gasteiger partial charge is 0.508 e. The number of fused-ring (bicyclic) bond motifs is 1. The van der Waals surface area contributed by atoms with Gasteiger partial charge in [-0.1, -0.05) is 18.2 Å². The van der Waals surface area contributed by atoms with Crippen molar-refractivity contribution >= 4 is 16.7 Å². The third kappa shape index (κ3) is 1.64. The highest BCUT2D eigenvalue weighted by Crippen LogP contribution is 2.23. The molecule has 0 aliphatic rings. The summed E-state index contributed by atoms with van der Waals surface area (Å²) in [5, 5.41) is 11.0. The van der Waals surface area contributed by atoms with Crippen LogP contribution in [-0.4, -0.2) is 18.2 Å². The van der Waals surface area contributed by atoms with E-state index in [1.54, 1.807) is 30.3 Å². The number of phenolic OH excluding ortho intramolecular Hbond substituents is 1. The molecule has 1 N–H and O–H groups in total. The average Bonchev–Trinajstić information content (AvgIpc) is 2.27. The van der Waals surface area contributed by atoms with Gasteiger partial charge >= 0.3 is 5.97 Å². The molecule has 3 nitrogen and oxygen atoms in total. The molecule has 0 heterocycles. The number of phenols is 1. The predicted octanol–water partition coefficient (Wildman–Crippen LogP) is 2.33. The Bertz CT molecular complexity index is 517. The Morgan fingerprint density at radius 3 is 2.80 bits per heavy atom. The van der Waals surface area contributed by atoms with Gasteiger partial charge in [0.15, 0.2) is 0 Å². The lowest BCUT2D eigenvalue weighted by atomic mass is 10.0. The number of aromatic hydroxyl groups is 1. The van der Waals surface area contributed by atoms with Crippen LogP contribution in [0.5, 0.6) is 5.75 Å². The molecule has 0 aliphatic heterocycles. The van der Waals surface area contributed by atoms with Crippen LogP contribution in [0.1, 0.15) is 10.4 Å². The van der Waals surface area contributed by atoms with Gasteiger partial charge in [-0.25, -0.2) is 4.79 Å². The minimum atomic E-state index is -0.397. The van der Waals surface area contributed by atoms with E-state index in [0.29, 0.717) is 10.9 Å². The van der Waals surface area contributed by atoms with Crippen LogP contribution in [0.2, 0.25) is 0 Å². The van der Waals surface area contributed by atoms with E-state index in [-0.39, 0.29) is 5.75 Å². The third-order valence-corrected chi connectivity index (χ3v) is 2.27. The maximum atomic E-state index is 11.4. The summed E-state index contributed by atoms with van der Waals surface area (Å²) in [4.78, 5) is 11.4. The van der Waals surface area contributed by atoms with Crippen LogP contribution in [0.25, 0.3) is 10.8 Å². The quantitative estimate of drug-likeness (QED) is 0.722. The lowest BCUT2D eigenvalue weighted by Crippen LogP contribution is -2.01. The molecule has 76 valence electrons. The van der Waals surface area contributed by atoms with E-state index in [1.807, 2.05) is 6.07 Å². The van der Waals surface area contributed by atoms with Crippen molar-refractivity contribution in [2.45, 2.75) is 0 Å². The van der Waals surface area contributed by atoms with Gasteiger partial charge in [0.2, 0.25) is 0 Å². The number of esters is 1. The van der Waals surface area contributed by atoms with Crippen LogP contribution in [0.3, 0.4) is 0 Å². The molecule has 0 amide bonds.